The number of aliphatic hydroxyl groups is 1. The van der Waals surface area contributed by atoms with E-state index in [9.17, 15) is 5.11 Å². The highest BCUT2D eigenvalue weighted by Gasteiger charge is 2.21. The molecule has 0 radical (unpaired) electrons. The summed E-state index contributed by atoms with van der Waals surface area (Å²) in [5.74, 6) is 0. The first-order valence-electron chi connectivity index (χ1n) is 10.0. The smallest absolute Gasteiger partial charge is 0.156 e. The lowest BCUT2D eigenvalue weighted by atomic mass is 10.1. The Morgan fingerprint density at radius 2 is 2.07 bits per heavy atom. The quantitative estimate of drug-likeness (QED) is 0.481. The van der Waals surface area contributed by atoms with Crippen LogP contribution in [0.15, 0.2) is 30.9 Å². The van der Waals surface area contributed by atoms with Crippen molar-refractivity contribution in [2.75, 3.05) is 19.6 Å². The molecule has 0 atom stereocenters. The van der Waals surface area contributed by atoms with Crippen LogP contribution in [0.25, 0.3) is 33.7 Å². The van der Waals surface area contributed by atoms with E-state index in [2.05, 4.69) is 48.0 Å². The first kappa shape index (κ1) is 18.0. The van der Waals surface area contributed by atoms with Gasteiger partial charge >= 0.3 is 0 Å². The highest BCUT2D eigenvalue weighted by atomic mass is 16.3. The zero-order valence-electron chi connectivity index (χ0n) is 16.3. The van der Waals surface area contributed by atoms with Gasteiger partial charge in [0.2, 0.25) is 0 Å². The van der Waals surface area contributed by atoms with Crippen molar-refractivity contribution in [3.63, 3.8) is 0 Å². The second kappa shape index (κ2) is 7.41. The molecular weight excluding hydrogens is 368 g/mol. The number of fused-ring (bicyclic) bond motifs is 1. The molecule has 0 spiro atoms. The van der Waals surface area contributed by atoms with Crippen LogP contribution in [0.2, 0.25) is 0 Å². The molecule has 0 aromatic carbocycles. The van der Waals surface area contributed by atoms with E-state index < -0.39 is 0 Å². The highest BCUT2D eigenvalue weighted by molar-refractivity contribution is 5.90. The molecule has 1 fully saturated rings. The monoisotopic (exact) mass is 392 g/mol. The molecule has 1 saturated heterocycles. The van der Waals surface area contributed by atoms with Gasteiger partial charge in [-0.3, -0.25) is 9.78 Å². The molecule has 9 heteroatoms. The van der Waals surface area contributed by atoms with Gasteiger partial charge in [-0.05, 0) is 25.5 Å². The number of likely N-dealkylation sites (tertiary alicyclic amines) is 1. The number of nitrogens with one attached hydrogen (secondary N) is 2. The largest absolute Gasteiger partial charge is 0.390 e. The van der Waals surface area contributed by atoms with Gasteiger partial charge in [-0.25, -0.2) is 9.97 Å². The molecule has 5 heterocycles. The Bertz CT molecular complexity index is 1120. The molecule has 0 aliphatic carbocycles. The van der Waals surface area contributed by atoms with Crippen LogP contribution in [-0.2, 0) is 6.61 Å². The van der Waals surface area contributed by atoms with Gasteiger partial charge in [0.05, 0.1) is 30.7 Å². The average Bonchev–Trinajstić information content (AvgIpc) is 3.52. The summed E-state index contributed by atoms with van der Waals surface area (Å²) in [6.07, 6.45) is 9.88. The molecular formula is C20H24N8O. The summed E-state index contributed by atoms with van der Waals surface area (Å²) in [4.78, 5) is 14.9. The van der Waals surface area contributed by atoms with Gasteiger partial charge < -0.3 is 15.0 Å². The fourth-order valence-corrected chi connectivity index (χ4v) is 3.99. The molecule has 0 amide bonds. The van der Waals surface area contributed by atoms with Crippen molar-refractivity contribution in [1.82, 2.24) is 39.8 Å². The Kier molecular flexibility index (Phi) is 4.61. The molecule has 0 unspecified atom stereocenters. The van der Waals surface area contributed by atoms with Crippen LogP contribution in [0.1, 0.15) is 31.5 Å². The first-order chi connectivity index (χ1) is 14.2. The number of aromatic amines is 2. The van der Waals surface area contributed by atoms with Crippen LogP contribution in [0.3, 0.4) is 0 Å². The maximum atomic E-state index is 9.24. The van der Waals surface area contributed by atoms with Crippen molar-refractivity contribution in [2.24, 2.45) is 0 Å². The summed E-state index contributed by atoms with van der Waals surface area (Å²) in [5, 5.41) is 20.9. The lowest BCUT2D eigenvalue weighted by Crippen LogP contribution is -2.34. The van der Waals surface area contributed by atoms with Gasteiger partial charge in [0.1, 0.15) is 16.9 Å². The number of aromatic nitrogens is 7. The second-order valence-electron chi connectivity index (χ2n) is 7.47. The summed E-state index contributed by atoms with van der Waals surface area (Å²) in [6.45, 7) is 5.49. The Morgan fingerprint density at radius 3 is 2.83 bits per heavy atom. The summed E-state index contributed by atoms with van der Waals surface area (Å²) in [7, 11) is 0. The molecule has 1 aliphatic heterocycles. The molecule has 3 N–H and O–H groups in total. The highest BCUT2D eigenvalue weighted by Crippen LogP contribution is 2.30. The second-order valence-corrected chi connectivity index (χ2v) is 7.47. The average molecular weight is 392 g/mol. The molecule has 29 heavy (non-hydrogen) atoms. The summed E-state index contributed by atoms with van der Waals surface area (Å²) in [6, 6.07) is 2.22. The number of hydrogen-bond acceptors (Lipinski definition) is 6. The van der Waals surface area contributed by atoms with Gasteiger partial charge in [0.25, 0.3) is 0 Å². The first-order valence-corrected chi connectivity index (χ1v) is 10.0. The molecule has 0 saturated carbocycles. The van der Waals surface area contributed by atoms with Crippen LogP contribution in [0.5, 0.6) is 0 Å². The van der Waals surface area contributed by atoms with Crippen molar-refractivity contribution in [3.05, 3.63) is 36.5 Å². The molecule has 150 valence electrons. The van der Waals surface area contributed by atoms with Crippen LogP contribution >= 0.6 is 0 Å². The van der Waals surface area contributed by atoms with Crippen molar-refractivity contribution in [2.45, 2.75) is 32.4 Å². The van der Waals surface area contributed by atoms with E-state index in [1.54, 1.807) is 12.3 Å². The zero-order chi connectivity index (χ0) is 19.8. The molecule has 9 nitrogen and oxygen atoms in total. The lowest BCUT2D eigenvalue weighted by Gasteiger charge is -2.31. The van der Waals surface area contributed by atoms with Crippen molar-refractivity contribution in [3.8, 4) is 22.5 Å². The Morgan fingerprint density at radius 1 is 1.21 bits per heavy atom. The molecule has 0 bridgehead atoms. The van der Waals surface area contributed by atoms with Crippen LogP contribution < -0.4 is 0 Å². The topological polar surface area (TPSA) is 112 Å². The molecule has 4 aromatic rings. The molecule has 5 rings (SSSR count). The van der Waals surface area contributed by atoms with Crippen molar-refractivity contribution < 1.29 is 5.11 Å². The van der Waals surface area contributed by atoms with Gasteiger partial charge in [-0.1, -0.05) is 6.92 Å². The number of piperidine rings is 1. The predicted molar refractivity (Wildman–Crippen MR) is 109 cm³/mol. The van der Waals surface area contributed by atoms with Crippen molar-refractivity contribution in [1.29, 1.82) is 0 Å². The number of rotatable bonds is 5. The minimum absolute atomic E-state index is 0.0888. The van der Waals surface area contributed by atoms with Gasteiger partial charge in [0.15, 0.2) is 5.65 Å². The maximum absolute atomic E-state index is 9.24. The van der Waals surface area contributed by atoms with Crippen LogP contribution in [0, 0.1) is 0 Å². The van der Waals surface area contributed by atoms with E-state index in [-0.39, 0.29) is 6.61 Å². The number of hydrogen-bond donors (Lipinski definition) is 3. The van der Waals surface area contributed by atoms with Gasteiger partial charge in [0, 0.05) is 36.6 Å². The van der Waals surface area contributed by atoms with Gasteiger partial charge in [-0.2, -0.15) is 10.2 Å². The standard InChI is InChI=1S/C20H24N8O/c1-2-27-5-3-15(4-6-27)28-11-13(8-23-28)16-9-21-20-19(16)24-18(10-22-20)17-7-14(12-29)25-26-17/h7-11,15,29H,2-6,12H2,1H3,(H,21,22)(H,25,26). The third-order valence-corrected chi connectivity index (χ3v) is 5.74. The van der Waals surface area contributed by atoms with Crippen LogP contribution in [-0.4, -0.2) is 64.6 Å². The SMILES string of the molecule is CCN1CCC(n2cc(-c3c[nH]c4ncc(-c5cc(CO)[nH]n5)nc34)cn2)CC1. The number of H-pyrrole nitrogens is 2. The Balaban J connectivity index is 1.45. The van der Waals surface area contributed by atoms with Crippen LogP contribution in [0.4, 0.5) is 0 Å². The summed E-state index contributed by atoms with van der Waals surface area (Å²) in [5.41, 5.74) is 5.49. The van der Waals surface area contributed by atoms with Crippen molar-refractivity contribution >= 4 is 11.2 Å². The molecule has 1 aliphatic rings. The summed E-state index contributed by atoms with van der Waals surface area (Å²) >= 11 is 0. The third kappa shape index (κ3) is 3.32. The number of aliphatic hydroxyl groups excluding tert-OH is 1. The normalized spacial score (nSPS) is 16.1. The van der Waals surface area contributed by atoms with E-state index in [0.29, 0.717) is 23.1 Å². The van der Waals surface area contributed by atoms with E-state index in [0.717, 1.165) is 54.8 Å². The fourth-order valence-electron chi connectivity index (χ4n) is 3.99. The zero-order valence-corrected chi connectivity index (χ0v) is 16.3. The third-order valence-electron chi connectivity index (χ3n) is 5.74. The number of nitrogens with zero attached hydrogens (tertiary/aromatic N) is 6. The minimum Gasteiger partial charge on any atom is -0.390 e. The van der Waals surface area contributed by atoms with Gasteiger partial charge in [-0.15, -0.1) is 0 Å². The Hall–Kier alpha value is -3.04. The summed E-state index contributed by atoms with van der Waals surface area (Å²) < 4.78 is 2.10. The van der Waals surface area contributed by atoms with E-state index in [4.69, 9.17) is 4.98 Å². The predicted octanol–water partition coefficient (Wildman–Crippen LogP) is 2.36. The molecule has 4 aromatic heterocycles. The lowest BCUT2D eigenvalue weighted by molar-refractivity contribution is 0.187. The Labute approximate surface area is 167 Å². The maximum Gasteiger partial charge on any atom is 0.156 e. The van der Waals surface area contributed by atoms with E-state index >= 15 is 0 Å². The van der Waals surface area contributed by atoms with E-state index in [1.165, 1.54) is 0 Å². The fraction of sp³-hybridized carbons (Fsp3) is 0.400. The van der Waals surface area contributed by atoms with E-state index in [1.807, 2.05) is 12.4 Å². The minimum atomic E-state index is -0.0888.